The molecule has 2 N–H and O–H groups in total. The van der Waals surface area contributed by atoms with E-state index in [1.807, 2.05) is 30.3 Å². The van der Waals surface area contributed by atoms with E-state index < -0.39 is 6.10 Å². The number of rotatable bonds is 4. The first-order valence-electron chi connectivity index (χ1n) is 8.21. The smallest absolute Gasteiger partial charge is 0.258 e. The van der Waals surface area contributed by atoms with E-state index in [4.69, 9.17) is 10.5 Å². The van der Waals surface area contributed by atoms with Crippen LogP contribution in [0.5, 0.6) is 5.75 Å². The van der Waals surface area contributed by atoms with Crippen LogP contribution in [-0.4, -0.2) is 12.0 Å². The number of carbonyl (C=O) groups is 1. The minimum absolute atomic E-state index is 0.295. The lowest BCUT2D eigenvalue weighted by Crippen LogP contribution is -2.54. The summed E-state index contributed by atoms with van der Waals surface area (Å²) in [6.45, 7) is 0. The van der Waals surface area contributed by atoms with Gasteiger partial charge in [-0.2, -0.15) is 0 Å². The van der Waals surface area contributed by atoms with Crippen LogP contribution in [0.25, 0.3) is 0 Å². The van der Waals surface area contributed by atoms with Crippen LogP contribution < -0.4 is 10.5 Å². The fraction of sp³-hybridized carbons (Fsp3) is 0.611. The first-order chi connectivity index (χ1) is 10.2. The highest BCUT2D eigenvalue weighted by molar-refractivity contribution is 5.79. The maximum Gasteiger partial charge on any atom is 0.258 e. The molecule has 0 aliphatic heterocycles. The molecule has 4 aliphatic carbocycles. The molecule has 1 amide bonds. The topological polar surface area (TPSA) is 52.3 Å². The van der Waals surface area contributed by atoms with E-state index in [1.165, 1.54) is 32.1 Å². The fourth-order valence-corrected chi connectivity index (χ4v) is 5.43. The van der Waals surface area contributed by atoms with Crippen molar-refractivity contribution in [1.29, 1.82) is 0 Å². The van der Waals surface area contributed by atoms with E-state index in [-0.39, 0.29) is 5.91 Å². The zero-order chi connectivity index (χ0) is 14.4. The SMILES string of the molecule is NC(=O)C(Oc1ccccc1)C1C2CC3CC(C2)CC1C3. The van der Waals surface area contributed by atoms with Gasteiger partial charge in [-0.25, -0.2) is 0 Å². The molecule has 3 nitrogen and oxygen atoms in total. The maximum absolute atomic E-state index is 12.0. The maximum atomic E-state index is 12.0. The average Bonchev–Trinajstić information content (AvgIpc) is 2.46. The Labute approximate surface area is 125 Å². The van der Waals surface area contributed by atoms with Crippen LogP contribution in [0.15, 0.2) is 30.3 Å². The molecule has 5 rings (SSSR count). The van der Waals surface area contributed by atoms with Gasteiger partial charge in [0.15, 0.2) is 6.10 Å². The molecule has 0 saturated heterocycles. The van der Waals surface area contributed by atoms with Gasteiger partial charge in [0, 0.05) is 5.92 Å². The summed E-state index contributed by atoms with van der Waals surface area (Å²) in [4.78, 5) is 12.0. The largest absolute Gasteiger partial charge is 0.480 e. The number of benzene rings is 1. The molecule has 4 aliphatic rings. The molecular formula is C18H23NO2. The Bertz CT molecular complexity index is 499. The molecular weight excluding hydrogens is 262 g/mol. The number of primary amides is 1. The van der Waals surface area contributed by atoms with Gasteiger partial charge in [-0.3, -0.25) is 4.79 Å². The van der Waals surface area contributed by atoms with Crippen molar-refractivity contribution in [3.05, 3.63) is 30.3 Å². The van der Waals surface area contributed by atoms with E-state index in [0.717, 1.165) is 17.6 Å². The Morgan fingerprint density at radius 3 is 2.10 bits per heavy atom. The highest BCUT2D eigenvalue weighted by Gasteiger charge is 2.52. The molecule has 3 heteroatoms. The molecule has 4 saturated carbocycles. The Kier molecular flexibility index (Phi) is 3.16. The minimum Gasteiger partial charge on any atom is -0.480 e. The van der Waals surface area contributed by atoms with Crippen molar-refractivity contribution in [2.24, 2.45) is 35.3 Å². The van der Waals surface area contributed by atoms with Crippen molar-refractivity contribution >= 4 is 5.91 Å². The zero-order valence-corrected chi connectivity index (χ0v) is 12.3. The molecule has 1 unspecified atom stereocenters. The lowest BCUT2D eigenvalue weighted by molar-refractivity contribution is -0.138. The Hall–Kier alpha value is -1.51. The second-order valence-corrected chi connectivity index (χ2v) is 7.26. The van der Waals surface area contributed by atoms with Crippen LogP contribution >= 0.6 is 0 Å². The summed E-state index contributed by atoms with van der Waals surface area (Å²) in [5.74, 6) is 3.87. The van der Waals surface area contributed by atoms with Crippen LogP contribution in [0.4, 0.5) is 0 Å². The van der Waals surface area contributed by atoms with E-state index in [0.29, 0.717) is 17.8 Å². The standard InChI is InChI=1S/C18H23NO2/c19-18(20)17(21-15-4-2-1-3-5-15)16-13-7-11-6-12(9-13)10-14(16)8-11/h1-5,11-14,16-17H,6-10H2,(H2,19,20). The van der Waals surface area contributed by atoms with Gasteiger partial charge in [0.2, 0.25) is 0 Å². The molecule has 4 bridgehead atoms. The van der Waals surface area contributed by atoms with Crippen molar-refractivity contribution in [3.63, 3.8) is 0 Å². The van der Waals surface area contributed by atoms with E-state index in [1.54, 1.807) is 0 Å². The first kappa shape index (κ1) is 13.2. The second kappa shape index (κ2) is 5.04. The molecule has 1 aromatic carbocycles. The number of carbonyl (C=O) groups excluding carboxylic acids is 1. The Morgan fingerprint density at radius 2 is 1.57 bits per heavy atom. The van der Waals surface area contributed by atoms with E-state index in [9.17, 15) is 4.79 Å². The molecule has 0 radical (unpaired) electrons. The summed E-state index contributed by atoms with van der Waals surface area (Å²) in [6, 6.07) is 9.64. The predicted molar refractivity (Wildman–Crippen MR) is 80.6 cm³/mol. The Morgan fingerprint density at radius 1 is 1.00 bits per heavy atom. The molecule has 21 heavy (non-hydrogen) atoms. The van der Waals surface area contributed by atoms with Crippen LogP contribution in [0, 0.1) is 29.6 Å². The first-order valence-corrected chi connectivity index (χ1v) is 8.21. The summed E-state index contributed by atoms with van der Waals surface area (Å²) in [7, 11) is 0. The quantitative estimate of drug-likeness (QED) is 0.924. The van der Waals surface area contributed by atoms with Crippen molar-refractivity contribution in [1.82, 2.24) is 0 Å². The number of hydrogen-bond donors (Lipinski definition) is 1. The monoisotopic (exact) mass is 285 g/mol. The summed E-state index contributed by atoms with van der Waals surface area (Å²) < 4.78 is 6.03. The van der Waals surface area contributed by atoms with Crippen LogP contribution in [-0.2, 0) is 4.79 Å². The third-order valence-corrected chi connectivity index (χ3v) is 5.94. The molecule has 0 aromatic heterocycles. The van der Waals surface area contributed by atoms with Gasteiger partial charge >= 0.3 is 0 Å². The number of para-hydroxylation sites is 1. The van der Waals surface area contributed by atoms with Gasteiger partial charge < -0.3 is 10.5 Å². The number of amides is 1. The summed E-state index contributed by atoms with van der Waals surface area (Å²) in [5, 5.41) is 0. The third-order valence-electron chi connectivity index (χ3n) is 5.94. The van der Waals surface area contributed by atoms with Crippen molar-refractivity contribution < 1.29 is 9.53 Å². The predicted octanol–water partition coefficient (Wildman–Crippen LogP) is 2.99. The van der Waals surface area contributed by atoms with Crippen molar-refractivity contribution in [2.45, 2.75) is 38.2 Å². The van der Waals surface area contributed by atoms with Gasteiger partial charge in [-0.05, 0) is 67.9 Å². The normalized spacial score (nSPS) is 38.2. The Balaban J connectivity index is 1.58. The fourth-order valence-electron chi connectivity index (χ4n) is 5.43. The van der Waals surface area contributed by atoms with Gasteiger partial charge in [0.05, 0.1) is 0 Å². The van der Waals surface area contributed by atoms with Crippen molar-refractivity contribution in [3.8, 4) is 5.75 Å². The molecule has 112 valence electrons. The molecule has 0 spiro atoms. The van der Waals surface area contributed by atoms with Crippen molar-refractivity contribution in [2.75, 3.05) is 0 Å². The van der Waals surface area contributed by atoms with Gasteiger partial charge in [-0.15, -0.1) is 0 Å². The number of nitrogens with two attached hydrogens (primary N) is 1. The molecule has 0 heterocycles. The summed E-state index contributed by atoms with van der Waals surface area (Å²) >= 11 is 0. The van der Waals surface area contributed by atoms with Gasteiger partial charge in [0.1, 0.15) is 5.75 Å². The number of ether oxygens (including phenoxy) is 1. The molecule has 4 fully saturated rings. The van der Waals surface area contributed by atoms with Gasteiger partial charge in [0.25, 0.3) is 5.91 Å². The van der Waals surface area contributed by atoms with E-state index >= 15 is 0 Å². The lowest BCUT2D eigenvalue weighted by Gasteiger charge is -2.55. The molecule has 1 aromatic rings. The van der Waals surface area contributed by atoms with Crippen LogP contribution in [0.3, 0.4) is 0 Å². The number of hydrogen-bond acceptors (Lipinski definition) is 2. The summed E-state index contributed by atoms with van der Waals surface area (Å²) in [5.41, 5.74) is 5.70. The van der Waals surface area contributed by atoms with Crippen LogP contribution in [0.1, 0.15) is 32.1 Å². The molecule has 1 atom stereocenters. The lowest BCUT2D eigenvalue weighted by atomic mass is 9.51. The second-order valence-electron chi connectivity index (χ2n) is 7.26. The summed E-state index contributed by atoms with van der Waals surface area (Å²) in [6.07, 6.45) is 6.07. The minimum atomic E-state index is -0.456. The highest BCUT2D eigenvalue weighted by atomic mass is 16.5. The van der Waals surface area contributed by atoms with Crippen LogP contribution in [0.2, 0.25) is 0 Å². The third kappa shape index (κ3) is 2.33. The van der Waals surface area contributed by atoms with E-state index in [2.05, 4.69) is 0 Å². The zero-order valence-electron chi connectivity index (χ0n) is 12.3. The van der Waals surface area contributed by atoms with Gasteiger partial charge in [-0.1, -0.05) is 18.2 Å². The average molecular weight is 285 g/mol. The highest BCUT2D eigenvalue weighted by Crippen LogP contribution is 2.57.